The van der Waals surface area contributed by atoms with Gasteiger partial charge in [-0.05, 0) is 24.6 Å². The molecule has 0 fully saturated rings. The molecular weight excluding hydrogens is 416 g/mol. The van der Waals surface area contributed by atoms with Crippen molar-refractivity contribution in [2.24, 2.45) is 0 Å². The molecule has 9 nitrogen and oxygen atoms in total. The molecule has 0 aliphatic heterocycles. The number of nitrogens with two attached hydrogens (primary N) is 1. The lowest BCUT2D eigenvalue weighted by molar-refractivity contribution is 0.620. The highest BCUT2D eigenvalue weighted by Crippen LogP contribution is 2.30. The molecule has 0 bridgehead atoms. The number of anilines is 1. The highest BCUT2D eigenvalue weighted by Gasteiger charge is 2.18. The smallest absolute Gasteiger partial charge is 0.253 e. The number of furan rings is 1. The molecule has 0 spiro atoms. The topological polar surface area (TPSA) is 113 Å². The largest absolute Gasteiger partial charge is 0.450 e. The van der Waals surface area contributed by atoms with Crippen molar-refractivity contribution in [2.75, 3.05) is 5.73 Å². The van der Waals surface area contributed by atoms with Gasteiger partial charge < -0.3 is 10.2 Å². The summed E-state index contributed by atoms with van der Waals surface area (Å²) in [5.74, 6) is 1.49. The van der Waals surface area contributed by atoms with Gasteiger partial charge in [-0.25, -0.2) is 14.3 Å². The Hall–Kier alpha value is -4.79. The number of rotatable bonds is 4. The van der Waals surface area contributed by atoms with Gasteiger partial charge in [0.2, 0.25) is 5.82 Å². The molecular formula is C24H18N8O. The minimum absolute atomic E-state index is 0.393. The maximum absolute atomic E-state index is 6.13. The van der Waals surface area contributed by atoms with Crippen LogP contribution in [-0.4, -0.2) is 34.5 Å². The van der Waals surface area contributed by atoms with Crippen molar-refractivity contribution in [2.45, 2.75) is 6.92 Å². The summed E-state index contributed by atoms with van der Waals surface area (Å²) in [5, 5.41) is 8.82. The van der Waals surface area contributed by atoms with Gasteiger partial charge in [0, 0.05) is 35.8 Å². The number of hydrogen-bond donors (Lipinski definition) is 1. The maximum Gasteiger partial charge on any atom is 0.253 e. The van der Waals surface area contributed by atoms with Crippen molar-refractivity contribution < 1.29 is 4.42 Å². The highest BCUT2D eigenvalue weighted by atomic mass is 16.3. The van der Waals surface area contributed by atoms with Gasteiger partial charge in [0.1, 0.15) is 11.3 Å². The molecule has 6 aromatic rings. The van der Waals surface area contributed by atoms with Crippen LogP contribution in [0.15, 0.2) is 84.1 Å². The Balaban J connectivity index is 1.52. The van der Waals surface area contributed by atoms with Crippen LogP contribution in [-0.2, 0) is 0 Å². The average Bonchev–Trinajstić information content (AvgIpc) is 3.58. The minimum Gasteiger partial charge on any atom is -0.450 e. The number of nitrogen functional groups attached to an aromatic ring is 1. The van der Waals surface area contributed by atoms with Crippen LogP contribution in [0.2, 0.25) is 0 Å². The van der Waals surface area contributed by atoms with E-state index in [0.717, 1.165) is 16.7 Å². The van der Waals surface area contributed by atoms with E-state index >= 15 is 0 Å². The van der Waals surface area contributed by atoms with Crippen LogP contribution < -0.4 is 5.73 Å². The minimum atomic E-state index is 0.393. The molecule has 0 saturated carbocycles. The number of fused-ring (bicyclic) bond motifs is 1. The van der Waals surface area contributed by atoms with Gasteiger partial charge in [0.25, 0.3) is 5.95 Å². The quantitative estimate of drug-likeness (QED) is 0.442. The summed E-state index contributed by atoms with van der Waals surface area (Å²) < 4.78 is 9.35. The van der Waals surface area contributed by atoms with Gasteiger partial charge >= 0.3 is 0 Å². The second kappa shape index (κ2) is 7.41. The van der Waals surface area contributed by atoms with Crippen molar-refractivity contribution in [1.82, 2.24) is 34.5 Å². The first-order chi connectivity index (χ1) is 16.1. The lowest BCUT2D eigenvalue weighted by Gasteiger charge is -2.05. The van der Waals surface area contributed by atoms with Crippen LogP contribution in [0.4, 0.5) is 5.69 Å². The van der Waals surface area contributed by atoms with E-state index in [0.29, 0.717) is 34.3 Å². The lowest BCUT2D eigenvalue weighted by Crippen LogP contribution is -2.07. The van der Waals surface area contributed by atoms with Crippen molar-refractivity contribution >= 4 is 16.8 Å². The standard InChI is InChI=1S/C24H18N8O/c1-15-4-2-5-16(8-15)18-11-27-32(13-18)24-29-20-9-21(17-6-3-7-26-10-17)33-22(20)23(30-24)31-14-19(25)12-28-31/h2-14H,25H2,1H3. The molecule has 1 aromatic carbocycles. The van der Waals surface area contributed by atoms with Crippen molar-refractivity contribution in [3.63, 3.8) is 0 Å². The monoisotopic (exact) mass is 434 g/mol. The van der Waals surface area contributed by atoms with Crippen LogP contribution in [0.5, 0.6) is 0 Å². The molecule has 0 unspecified atom stereocenters. The van der Waals surface area contributed by atoms with E-state index < -0.39 is 0 Å². The molecule has 5 aromatic heterocycles. The molecule has 0 aliphatic carbocycles. The fourth-order valence-electron chi connectivity index (χ4n) is 3.67. The van der Waals surface area contributed by atoms with Gasteiger partial charge in [-0.1, -0.05) is 29.8 Å². The van der Waals surface area contributed by atoms with Gasteiger partial charge in [-0.15, -0.1) is 0 Å². The van der Waals surface area contributed by atoms with Crippen molar-refractivity contribution in [1.29, 1.82) is 0 Å². The lowest BCUT2D eigenvalue weighted by atomic mass is 10.1. The van der Waals surface area contributed by atoms with Crippen LogP contribution in [0.1, 0.15) is 5.56 Å². The predicted molar refractivity (Wildman–Crippen MR) is 124 cm³/mol. The van der Waals surface area contributed by atoms with E-state index in [9.17, 15) is 0 Å². The normalized spacial score (nSPS) is 11.3. The summed E-state index contributed by atoms with van der Waals surface area (Å²) in [4.78, 5) is 13.6. The van der Waals surface area contributed by atoms with Crippen LogP contribution >= 0.6 is 0 Å². The Morgan fingerprint density at radius 3 is 2.52 bits per heavy atom. The molecule has 0 saturated heterocycles. The zero-order chi connectivity index (χ0) is 22.4. The first-order valence-electron chi connectivity index (χ1n) is 10.3. The first-order valence-corrected chi connectivity index (χ1v) is 10.3. The van der Waals surface area contributed by atoms with Crippen molar-refractivity contribution in [3.8, 4) is 34.2 Å². The van der Waals surface area contributed by atoms with E-state index in [1.807, 2.05) is 36.5 Å². The molecule has 5 heterocycles. The summed E-state index contributed by atoms with van der Waals surface area (Å²) in [6.45, 7) is 2.06. The van der Waals surface area contributed by atoms with E-state index in [4.69, 9.17) is 20.1 Å². The third-order valence-electron chi connectivity index (χ3n) is 5.25. The number of benzene rings is 1. The molecule has 2 N–H and O–H groups in total. The fraction of sp³-hybridized carbons (Fsp3) is 0.0417. The van der Waals surface area contributed by atoms with Gasteiger partial charge in [-0.3, -0.25) is 4.98 Å². The molecule has 0 atom stereocenters. The Morgan fingerprint density at radius 2 is 1.73 bits per heavy atom. The van der Waals surface area contributed by atoms with E-state index in [2.05, 4.69) is 34.2 Å². The molecule has 33 heavy (non-hydrogen) atoms. The number of nitrogens with zero attached hydrogens (tertiary/aromatic N) is 7. The average molecular weight is 434 g/mol. The van der Waals surface area contributed by atoms with Crippen LogP contribution in [0.3, 0.4) is 0 Å². The predicted octanol–water partition coefficient (Wildman–Crippen LogP) is 4.21. The Labute approximate surface area is 188 Å². The summed E-state index contributed by atoms with van der Waals surface area (Å²) in [7, 11) is 0. The molecule has 9 heteroatoms. The fourth-order valence-corrected chi connectivity index (χ4v) is 3.67. The zero-order valence-corrected chi connectivity index (χ0v) is 17.6. The Kier molecular flexibility index (Phi) is 4.25. The molecule has 0 amide bonds. The second-order valence-electron chi connectivity index (χ2n) is 7.68. The molecule has 0 aliphatic rings. The SMILES string of the molecule is Cc1cccc(-c2cnn(-c3nc(-n4cc(N)cn4)c4oc(-c5cccnc5)cc4n3)c2)c1. The van der Waals surface area contributed by atoms with E-state index in [1.165, 1.54) is 5.56 Å². The van der Waals surface area contributed by atoms with E-state index in [-0.39, 0.29) is 0 Å². The van der Waals surface area contributed by atoms with E-state index in [1.54, 1.807) is 40.3 Å². The first kappa shape index (κ1) is 18.9. The maximum atomic E-state index is 6.13. The number of aryl methyl sites for hydroxylation is 1. The van der Waals surface area contributed by atoms with Gasteiger partial charge in [0.15, 0.2) is 5.58 Å². The van der Waals surface area contributed by atoms with Gasteiger partial charge in [-0.2, -0.15) is 15.2 Å². The van der Waals surface area contributed by atoms with Crippen LogP contribution in [0.25, 0.3) is 45.3 Å². The van der Waals surface area contributed by atoms with Crippen LogP contribution in [0, 0.1) is 6.92 Å². The number of aromatic nitrogens is 7. The Bertz CT molecular complexity index is 1600. The molecule has 0 radical (unpaired) electrons. The third-order valence-corrected chi connectivity index (χ3v) is 5.25. The Morgan fingerprint density at radius 1 is 0.848 bits per heavy atom. The molecule has 6 rings (SSSR count). The second-order valence-corrected chi connectivity index (χ2v) is 7.68. The zero-order valence-electron chi connectivity index (χ0n) is 17.6. The number of hydrogen-bond acceptors (Lipinski definition) is 7. The molecule has 160 valence electrons. The third kappa shape index (κ3) is 3.41. The van der Waals surface area contributed by atoms with Crippen molar-refractivity contribution in [3.05, 3.63) is 85.2 Å². The summed E-state index contributed by atoms with van der Waals surface area (Å²) in [6.07, 6.45) is 10.4. The summed E-state index contributed by atoms with van der Waals surface area (Å²) in [5.41, 5.74) is 11.6. The van der Waals surface area contributed by atoms with Gasteiger partial charge in [0.05, 0.1) is 24.3 Å². The summed E-state index contributed by atoms with van der Waals surface area (Å²) in [6, 6.07) is 13.9. The highest BCUT2D eigenvalue weighted by molar-refractivity contribution is 5.84. The summed E-state index contributed by atoms with van der Waals surface area (Å²) >= 11 is 0. The number of pyridine rings is 1.